The van der Waals surface area contributed by atoms with Crippen LogP contribution in [0.2, 0.25) is 5.02 Å². The van der Waals surface area contributed by atoms with Gasteiger partial charge in [-0.05, 0) is 49.2 Å². The van der Waals surface area contributed by atoms with Crippen LogP contribution in [-0.2, 0) is 6.54 Å². The Bertz CT molecular complexity index is 606. The molecule has 0 amide bonds. The van der Waals surface area contributed by atoms with Gasteiger partial charge in [-0.3, -0.25) is 0 Å². The first-order valence-corrected chi connectivity index (χ1v) is 8.29. The molecule has 0 aliphatic heterocycles. The van der Waals surface area contributed by atoms with Crippen molar-refractivity contribution in [3.05, 3.63) is 52.2 Å². The van der Waals surface area contributed by atoms with E-state index in [0.29, 0.717) is 6.04 Å². The molecule has 2 rings (SSSR count). The van der Waals surface area contributed by atoms with E-state index in [1.807, 2.05) is 19.1 Å². The average Bonchev–Trinajstić information content (AvgIpc) is 2.36. The first-order chi connectivity index (χ1) is 9.95. The van der Waals surface area contributed by atoms with E-state index in [1.54, 1.807) is 11.8 Å². The van der Waals surface area contributed by atoms with Gasteiger partial charge in [0.2, 0.25) is 0 Å². The van der Waals surface area contributed by atoms with E-state index < -0.39 is 0 Å². The lowest BCUT2D eigenvalue weighted by Crippen LogP contribution is -2.22. The quantitative estimate of drug-likeness (QED) is 0.839. The van der Waals surface area contributed by atoms with E-state index in [2.05, 4.69) is 49.3 Å². The van der Waals surface area contributed by atoms with E-state index in [0.717, 1.165) is 32.7 Å². The van der Waals surface area contributed by atoms with Crippen LogP contribution in [0.3, 0.4) is 0 Å². The summed E-state index contributed by atoms with van der Waals surface area (Å²) < 4.78 is 0. The second-order valence-corrected chi connectivity index (χ2v) is 6.95. The molecule has 0 unspecified atom stereocenters. The third-order valence-corrected chi connectivity index (χ3v) is 4.43. The number of rotatable bonds is 5. The molecule has 21 heavy (non-hydrogen) atoms. The van der Waals surface area contributed by atoms with Gasteiger partial charge in [-0.1, -0.05) is 43.3 Å². The van der Waals surface area contributed by atoms with Gasteiger partial charge in [0.05, 0.1) is 0 Å². The number of hydrogen-bond acceptors (Lipinski definition) is 3. The summed E-state index contributed by atoms with van der Waals surface area (Å²) in [6.07, 6.45) is 0. The van der Waals surface area contributed by atoms with E-state index in [1.165, 1.54) is 5.56 Å². The van der Waals surface area contributed by atoms with Crippen LogP contribution in [0.25, 0.3) is 0 Å². The summed E-state index contributed by atoms with van der Waals surface area (Å²) in [6.45, 7) is 9.16. The smallest absolute Gasteiger partial charge is 0.101 e. The van der Waals surface area contributed by atoms with Crippen molar-refractivity contribution in [2.24, 2.45) is 0 Å². The van der Waals surface area contributed by atoms with Gasteiger partial charge < -0.3 is 5.32 Å². The fourth-order valence-electron chi connectivity index (χ4n) is 2.08. The number of nitrogens with zero attached hydrogens (tertiary/aromatic N) is 1. The second kappa shape index (κ2) is 7.30. The number of halogens is 1. The van der Waals surface area contributed by atoms with E-state index in [-0.39, 0.29) is 0 Å². The molecular weight excluding hydrogens is 300 g/mol. The molecular formula is C17H21ClN2S. The van der Waals surface area contributed by atoms with E-state index in [4.69, 9.17) is 11.6 Å². The maximum atomic E-state index is 6.37. The predicted octanol–water partition coefficient (Wildman–Crippen LogP) is 5.00. The lowest BCUT2D eigenvalue weighted by Gasteiger charge is -2.14. The molecule has 0 aliphatic carbocycles. The molecule has 1 N–H and O–H groups in total. The van der Waals surface area contributed by atoms with Crippen LogP contribution in [0.4, 0.5) is 0 Å². The fraction of sp³-hybridized carbons (Fsp3) is 0.353. The minimum atomic E-state index is 0.429. The molecule has 0 spiro atoms. The minimum absolute atomic E-state index is 0.429. The highest BCUT2D eigenvalue weighted by atomic mass is 35.5. The number of aromatic nitrogens is 1. The van der Waals surface area contributed by atoms with Crippen LogP contribution in [0, 0.1) is 13.8 Å². The molecule has 0 saturated heterocycles. The largest absolute Gasteiger partial charge is 0.310 e. The highest BCUT2D eigenvalue weighted by Crippen LogP contribution is 2.33. The molecule has 0 radical (unpaired) electrons. The molecule has 4 heteroatoms. The molecule has 0 saturated carbocycles. The third kappa shape index (κ3) is 4.73. The Morgan fingerprint density at radius 1 is 1.24 bits per heavy atom. The van der Waals surface area contributed by atoms with Gasteiger partial charge in [-0.15, -0.1) is 0 Å². The van der Waals surface area contributed by atoms with Crippen LogP contribution >= 0.6 is 23.4 Å². The van der Waals surface area contributed by atoms with E-state index in [9.17, 15) is 0 Å². The molecule has 0 fully saturated rings. The predicted molar refractivity (Wildman–Crippen MR) is 91.3 cm³/mol. The number of benzene rings is 1. The summed E-state index contributed by atoms with van der Waals surface area (Å²) in [6, 6.07) is 10.7. The minimum Gasteiger partial charge on any atom is -0.310 e. The highest BCUT2D eigenvalue weighted by molar-refractivity contribution is 7.99. The van der Waals surface area contributed by atoms with Crippen molar-refractivity contribution in [1.82, 2.24) is 10.3 Å². The zero-order valence-electron chi connectivity index (χ0n) is 12.9. The summed E-state index contributed by atoms with van der Waals surface area (Å²) in [5, 5.41) is 5.25. The molecule has 0 atom stereocenters. The Morgan fingerprint density at radius 3 is 2.67 bits per heavy atom. The number of pyridine rings is 1. The molecule has 1 heterocycles. The first-order valence-electron chi connectivity index (χ1n) is 7.09. The van der Waals surface area contributed by atoms with Crippen molar-refractivity contribution in [3.63, 3.8) is 0 Å². The molecule has 2 nitrogen and oxygen atoms in total. The lowest BCUT2D eigenvalue weighted by molar-refractivity contribution is 0.585. The standard InChI is InChI=1S/C17H21ClN2S/c1-11(2)19-10-14-15(18)6-5-7-16(14)21-17-9-12(3)8-13(4)20-17/h5-9,11,19H,10H2,1-4H3. The van der Waals surface area contributed by atoms with Crippen LogP contribution in [0.15, 0.2) is 40.3 Å². The van der Waals surface area contributed by atoms with Crippen molar-refractivity contribution >= 4 is 23.4 Å². The maximum absolute atomic E-state index is 6.37. The van der Waals surface area contributed by atoms with Gasteiger partial charge in [-0.25, -0.2) is 4.98 Å². The summed E-state index contributed by atoms with van der Waals surface area (Å²) in [5.41, 5.74) is 3.41. The maximum Gasteiger partial charge on any atom is 0.101 e. The molecule has 0 aliphatic rings. The summed E-state index contributed by atoms with van der Waals surface area (Å²) in [7, 11) is 0. The Hall–Kier alpha value is -1.03. The van der Waals surface area contributed by atoms with E-state index >= 15 is 0 Å². The van der Waals surface area contributed by atoms with Gasteiger partial charge in [-0.2, -0.15) is 0 Å². The molecule has 2 aromatic rings. The SMILES string of the molecule is Cc1cc(C)nc(Sc2cccc(Cl)c2CNC(C)C)c1. The topological polar surface area (TPSA) is 24.9 Å². The van der Waals surface area contributed by atoms with Gasteiger partial charge in [0.25, 0.3) is 0 Å². The van der Waals surface area contributed by atoms with Gasteiger partial charge >= 0.3 is 0 Å². The first kappa shape index (κ1) is 16.3. The summed E-state index contributed by atoms with van der Waals surface area (Å²) in [4.78, 5) is 5.76. The van der Waals surface area contributed by atoms with Crippen LogP contribution < -0.4 is 5.32 Å². The van der Waals surface area contributed by atoms with Crippen molar-refractivity contribution in [3.8, 4) is 0 Å². The highest BCUT2D eigenvalue weighted by Gasteiger charge is 2.10. The number of hydrogen-bond donors (Lipinski definition) is 1. The van der Waals surface area contributed by atoms with Crippen molar-refractivity contribution in [2.45, 2.75) is 50.2 Å². The van der Waals surface area contributed by atoms with Crippen molar-refractivity contribution in [1.29, 1.82) is 0 Å². The average molecular weight is 321 g/mol. The van der Waals surface area contributed by atoms with Crippen LogP contribution in [0.1, 0.15) is 30.7 Å². The van der Waals surface area contributed by atoms with Gasteiger partial charge in [0, 0.05) is 28.2 Å². The van der Waals surface area contributed by atoms with Crippen LogP contribution in [-0.4, -0.2) is 11.0 Å². The molecule has 1 aromatic carbocycles. The third-order valence-electron chi connectivity index (χ3n) is 3.05. The summed E-state index contributed by atoms with van der Waals surface area (Å²) >= 11 is 8.04. The Morgan fingerprint density at radius 2 is 2.00 bits per heavy atom. The van der Waals surface area contributed by atoms with Crippen LogP contribution in [0.5, 0.6) is 0 Å². The fourth-order valence-corrected chi connectivity index (χ4v) is 3.49. The molecule has 0 bridgehead atoms. The molecule has 1 aromatic heterocycles. The Kier molecular flexibility index (Phi) is 5.68. The monoisotopic (exact) mass is 320 g/mol. The Balaban J connectivity index is 2.28. The molecule has 112 valence electrons. The number of aryl methyl sites for hydroxylation is 2. The normalized spacial score (nSPS) is 11.1. The number of nitrogens with one attached hydrogen (secondary N) is 1. The van der Waals surface area contributed by atoms with Crippen molar-refractivity contribution < 1.29 is 0 Å². The van der Waals surface area contributed by atoms with Gasteiger partial charge in [0.15, 0.2) is 0 Å². The zero-order chi connectivity index (χ0) is 15.4. The Labute approximate surface area is 136 Å². The second-order valence-electron chi connectivity index (χ2n) is 5.48. The van der Waals surface area contributed by atoms with Crippen molar-refractivity contribution in [2.75, 3.05) is 0 Å². The summed E-state index contributed by atoms with van der Waals surface area (Å²) in [5.74, 6) is 0. The lowest BCUT2D eigenvalue weighted by atomic mass is 10.2. The zero-order valence-corrected chi connectivity index (χ0v) is 14.5. The van der Waals surface area contributed by atoms with Gasteiger partial charge in [0.1, 0.15) is 5.03 Å².